The van der Waals surface area contributed by atoms with Crippen molar-refractivity contribution in [3.63, 3.8) is 0 Å². The number of amides is 1. The first-order valence-electron chi connectivity index (χ1n) is 9.50. The molecule has 5 heteroatoms. The monoisotopic (exact) mass is 370 g/mol. The first-order chi connectivity index (χ1) is 13.0. The maximum Gasteiger partial charge on any atom is 0.251 e. The summed E-state index contributed by atoms with van der Waals surface area (Å²) >= 11 is 0. The van der Waals surface area contributed by atoms with E-state index in [0.29, 0.717) is 18.5 Å². The van der Waals surface area contributed by atoms with Crippen LogP contribution in [0, 0.1) is 0 Å². The number of ether oxygens (including phenoxy) is 1. The maximum absolute atomic E-state index is 12.5. The van der Waals surface area contributed by atoms with Crippen LogP contribution in [0.4, 0.5) is 5.69 Å². The van der Waals surface area contributed by atoms with E-state index in [1.54, 1.807) is 25.3 Å². The zero-order valence-corrected chi connectivity index (χ0v) is 16.5. The molecule has 0 bridgehead atoms. The van der Waals surface area contributed by atoms with Crippen LogP contribution in [0.25, 0.3) is 0 Å². The summed E-state index contributed by atoms with van der Waals surface area (Å²) in [5, 5.41) is 12.3. The van der Waals surface area contributed by atoms with E-state index in [2.05, 4.69) is 17.1 Å². The molecule has 0 fully saturated rings. The van der Waals surface area contributed by atoms with E-state index < -0.39 is 0 Å². The highest BCUT2D eigenvalue weighted by Gasteiger charge is 2.13. The number of hydrogen-bond donors (Lipinski definition) is 2. The van der Waals surface area contributed by atoms with E-state index in [0.717, 1.165) is 30.0 Å². The summed E-state index contributed by atoms with van der Waals surface area (Å²) in [4.78, 5) is 14.7. The van der Waals surface area contributed by atoms with Gasteiger partial charge in [0.1, 0.15) is 11.5 Å². The number of methoxy groups -OCH3 is 1. The number of carbonyl (C=O) groups excluding carboxylic acids is 1. The molecule has 0 spiro atoms. The Kier molecular flexibility index (Phi) is 7.99. The molecule has 0 radical (unpaired) electrons. The van der Waals surface area contributed by atoms with Crippen molar-refractivity contribution < 1.29 is 14.6 Å². The molecule has 2 N–H and O–H groups in total. The van der Waals surface area contributed by atoms with Gasteiger partial charge in [-0.25, -0.2) is 0 Å². The van der Waals surface area contributed by atoms with E-state index in [4.69, 9.17) is 4.74 Å². The minimum atomic E-state index is -0.0976. The number of nitrogens with zero attached hydrogens (tertiary/aromatic N) is 1. The summed E-state index contributed by atoms with van der Waals surface area (Å²) in [6, 6.07) is 12.6. The quantitative estimate of drug-likeness (QED) is 0.621. The van der Waals surface area contributed by atoms with Gasteiger partial charge in [0.05, 0.1) is 12.8 Å². The molecule has 0 aliphatic heterocycles. The van der Waals surface area contributed by atoms with Crippen molar-refractivity contribution in [1.82, 2.24) is 5.32 Å². The van der Waals surface area contributed by atoms with Crippen molar-refractivity contribution in [1.29, 1.82) is 0 Å². The molecule has 2 aromatic rings. The Morgan fingerprint density at radius 3 is 2.56 bits per heavy atom. The average molecular weight is 370 g/mol. The highest BCUT2D eigenvalue weighted by molar-refractivity contribution is 5.95. The van der Waals surface area contributed by atoms with Crippen molar-refractivity contribution in [2.45, 2.75) is 32.6 Å². The van der Waals surface area contributed by atoms with Crippen LogP contribution in [-0.4, -0.2) is 38.3 Å². The van der Waals surface area contributed by atoms with Crippen molar-refractivity contribution in [3.05, 3.63) is 53.6 Å². The third-order valence-electron chi connectivity index (χ3n) is 4.58. The van der Waals surface area contributed by atoms with Gasteiger partial charge in [0.15, 0.2) is 0 Å². The minimum absolute atomic E-state index is 0.0976. The van der Waals surface area contributed by atoms with Gasteiger partial charge in [-0.15, -0.1) is 0 Å². The van der Waals surface area contributed by atoms with Crippen molar-refractivity contribution in [3.8, 4) is 11.5 Å². The van der Waals surface area contributed by atoms with E-state index in [-0.39, 0.29) is 11.7 Å². The Labute approximate surface area is 162 Å². The Hall–Kier alpha value is -2.69. The second-order valence-electron chi connectivity index (χ2n) is 6.69. The largest absolute Gasteiger partial charge is 0.508 e. The Bertz CT molecular complexity index is 729. The molecule has 0 aliphatic carbocycles. The summed E-state index contributed by atoms with van der Waals surface area (Å²) in [7, 11) is 3.68. The van der Waals surface area contributed by atoms with Crippen molar-refractivity contribution in [2.24, 2.45) is 0 Å². The molecule has 2 rings (SSSR count). The Morgan fingerprint density at radius 2 is 1.89 bits per heavy atom. The number of phenolic OH excluding ortho intramolecular Hbond substituents is 1. The van der Waals surface area contributed by atoms with E-state index >= 15 is 0 Å². The Balaban J connectivity index is 1.98. The topological polar surface area (TPSA) is 61.8 Å². The number of anilines is 1. The molecule has 0 heterocycles. The second kappa shape index (κ2) is 10.5. The lowest BCUT2D eigenvalue weighted by Crippen LogP contribution is -2.26. The molecule has 1 amide bonds. The summed E-state index contributed by atoms with van der Waals surface area (Å²) in [6.45, 7) is 3.65. The number of unbranched alkanes of at least 4 members (excludes halogenated alkanes) is 2. The normalized spacial score (nSPS) is 10.5. The molecule has 0 unspecified atom stereocenters. The summed E-state index contributed by atoms with van der Waals surface area (Å²) < 4.78 is 5.46. The van der Waals surface area contributed by atoms with Crippen molar-refractivity contribution >= 4 is 11.6 Å². The predicted octanol–water partition coefficient (Wildman–Crippen LogP) is 4.00. The zero-order valence-electron chi connectivity index (χ0n) is 16.5. The molecule has 0 saturated carbocycles. The van der Waals surface area contributed by atoms with Gasteiger partial charge in [-0.1, -0.05) is 31.9 Å². The number of phenols is 1. The van der Waals surface area contributed by atoms with Crippen LogP contribution in [-0.2, 0) is 6.42 Å². The van der Waals surface area contributed by atoms with Crippen LogP contribution in [0.2, 0.25) is 0 Å². The standard InChI is InChI=1S/C22H30N2O3/c1-4-5-6-15-24(2)20-16-18(9-12-21(20)27-3)22(26)23-14-13-17-7-10-19(25)11-8-17/h7-12,16,25H,4-6,13-15H2,1-3H3,(H,23,26). The number of hydrogen-bond acceptors (Lipinski definition) is 4. The molecule has 0 aromatic heterocycles. The van der Waals surface area contributed by atoms with Crippen molar-refractivity contribution in [2.75, 3.05) is 32.1 Å². The van der Waals surface area contributed by atoms with Crippen LogP contribution in [0.15, 0.2) is 42.5 Å². The molecule has 146 valence electrons. The van der Waals surface area contributed by atoms with Gasteiger partial charge in [-0.3, -0.25) is 4.79 Å². The fourth-order valence-corrected chi connectivity index (χ4v) is 2.93. The Morgan fingerprint density at radius 1 is 1.15 bits per heavy atom. The third kappa shape index (κ3) is 6.20. The fraction of sp³-hybridized carbons (Fsp3) is 0.409. The number of rotatable bonds is 10. The van der Waals surface area contributed by atoms with Gasteiger partial charge in [0.25, 0.3) is 5.91 Å². The van der Waals surface area contributed by atoms with Gasteiger partial charge < -0.3 is 20.1 Å². The van der Waals surface area contributed by atoms with Gasteiger partial charge in [0, 0.05) is 25.7 Å². The fourth-order valence-electron chi connectivity index (χ4n) is 2.93. The lowest BCUT2D eigenvalue weighted by atomic mass is 10.1. The molecule has 5 nitrogen and oxygen atoms in total. The van der Waals surface area contributed by atoms with Gasteiger partial charge in [0.2, 0.25) is 0 Å². The number of carbonyl (C=O) groups is 1. The molecule has 0 aliphatic rings. The average Bonchev–Trinajstić information content (AvgIpc) is 2.69. The first kappa shape index (κ1) is 20.6. The van der Waals surface area contributed by atoms with Crippen LogP contribution in [0.1, 0.15) is 42.1 Å². The third-order valence-corrected chi connectivity index (χ3v) is 4.58. The molecular formula is C22H30N2O3. The minimum Gasteiger partial charge on any atom is -0.508 e. The van der Waals surface area contributed by atoms with Gasteiger partial charge in [-0.2, -0.15) is 0 Å². The van der Waals surface area contributed by atoms with E-state index in [1.165, 1.54) is 12.8 Å². The van der Waals surface area contributed by atoms with E-state index in [9.17, 15) is 9.90 Å². The lowest BCUT2D eigenvalue weighted by molar-refractivity contribution is 0.0954. The molecule has 2 aromatic carbocycles. The molecule has 0 saturated heterocycles. The smallest absolute Gasteiger partial charge is 0.251 e. The van der Waals surface area contributed by atoms with Crippen LogP contribution < -0.4 is 15.0 Å². The highest BCUT2D eigenvalue weighted by atomic mass is 16.5. The lowest BCUT2D eigenvalue weighted by Gasteiger charge is -2.22. The molecule has 0 atom stereocenters. The summed E-state index contributed by atoms with van der Waals surface area (Å²) in [5.41, 5.74) is 2.62. The number of aromatic hydroxyl groups is 1. The maximum atomic E-state index is 12.5. The SMILES string of the molecule is CCCCCN(C)c1cc(C(=O)NCCc2ccc(O)cc2)ccc1OC. The molecule has 27 heavy (non-hydrogen) atoms. The van der Waals surface area contributed by atoms with Crippen LogP contribution >= 0.6 is 0 Å². The molecular weight excluding hydrogens is 340 g/mol. The van der Waals surface area contributed by atoms with Gasteiger partial charge >= 0.3 is 0 Å². The number of benzene rings is 2. The van der Waals surface area contributed by atoms with Crippen LogP contribution in [0.3, 0.4) is 0 Å². The second-order valence-corrected chi connectivity index (χ2v) is 6.69. The zero-order chi connectivity index (χ0) is 19.6. The predicted molar refractivity (Wildman–Crippen MR) is 110 cm³/mol. The summed E-state index contributed by atoms with van der Waals surface area (Å²) in [5.74, 6) is 0.922. The summed E-state index contributed by atoms with van der Waals surface area (Å²) in [6.07, 6.45) is 4.18. The highest BCUT2D eigenvalue weighted by Crippen LogP contribution is 2.29. The van der Waals surface area contributed by atoms with Gasteiger partial charge in [-0.05, 0) is 48.7 Å². The van der Waals surface area contributed by atoms with Crippen LogP contribution in [0.5, 0.6) is 11.5 Å². The number of nitrogens with one attached hydrogen (secondary N) is 1. The first-order valence-corrected chi connectivity index (χ1v) is 9.50. The van der Waals surface area contributed by atoms with E-state index in [1.807, 2.05) is 31.3 Å².